The van der Waals surface area contributed by atoms with E-state index in [1.807, 2.05) is 30.3 Å². The Hall–Kier alpha value is -2.41. The highest BCUT2D eigenvalue weighted by Gasteiger charge is 2.13. The first kappa shape index (κ1) is 13.6. The number of hydrogen-bond donors (Lipinski definition) is 1. The van der Waals surface area contributed by atoms with E-state index < -0.39 is 0 Å². The molecule has 0 amide bonds. The normalized spacial score (nSPS) is 10.7. The van der Waals surface area contributed by atoms with Crippen molar-refractivity contribution in [3.63, 3.8) is 0 Å². The number of furan rings is 1. The summed E-state index contributed by atoms with van der Waals surface area (Å²) in [5.74, 6) is 8.63. The molecule has 0 fully saturated rings. The van der Waals surface area contributed by atoms with E-state index >= 15 is 0 Å². The number of nitrogen functional groups attached to an aromatic ring is 1. The van der Waals surface area contributed by atoms with Gasteiger partial charge in [-0.1, -0.05) is 30.0 Å². The fraction of sp³-hybridized carbons (Fsp3) is 0.143. The third-order valence-corrected chi connectivity index (χ3v) is 3.64. The molecule has 0 unspecified atom stereocenters. The predicted octanol–water partition coefficient (Wildman–Crippen LogP) is 2.42. The number of para-hydroxylation sites is 1. The van der Waals surface area contributed by atoms with E-state index in [4.69, 9.17) is 15.0 Å². The summed E-state index contributed by atoms with van der Waals surface area (Å²) in [6, 6.07) is 13.2. The Bertz CT molecular complexity index is 682. The lowest BCUT2D eigenvalue weighted by atomic mass is 10.3. The maximum absolute atomic E-state index is 5.96. The SMILES string of the molecule is Nn1c(SCCOc2ccccc2)nnc1-c1ccco1. The van der Waals surface area contributed by atoms with Gasteiger partial charge in [0.25, 0.3) is 0 Å². The van der Waals surface area contributed by atoms with Crippen LogP contribution in [0.1, 0.15) is 0 Å². The van der Waals surface area contributed by atoms with Gasteiger partial charge in [0.2, 0.25) is 11.0 Å². The molecule has 3 rings (SSSR count). The molecule has 6 nitrogen and oxygen atoms in total. The molecule has 0 atom stereocenters. The average molecular weight is 302 g/mol. The van der Waals surface area contributed by atoms with E-state index in [2.05, 4.69) is 10.2 Å². The molecule has 0 saturated carbocycles. The molecule has 0 radical (unpaired) electrons. The minimum Gasteiger partial charge on any atom is -0.493 e. The number of nitrogens with zero attached hydrogens (tertiary/aromatic N) is 3. The zero-order chi connectivity index (χ0) is 14.5. The maximum atomic E-state index is 5.96. The molecule has 0 bridgehead atoms. The highest BCUT2D eigenvalue weighted by atomic mass is 32.2. The van der Waals surface area contributed by atoms with Crippen LogP contribution in [0.25, 0.3) is 11.6 Å². The summed E-state index contributed by atoms with van der Waals surface area (Å²) < 4.78 is 12.3. The first-order valence-electron chi connectivity index (χ1n) is 6.39. The van der Waals surface area contributed by atoms with Crippen LogP contribution in [0, 0.1) is 0 Å². The number of rotatable bonds is 6. The zero-order valence-electron chi connectivity index (χ0n) is 11.2. The van der Waals surface area contributed by atoms with Crippen LogP contribution < -0.4 is 10.6 Å². The third-order valence-electron chi connectivity index (χ3n) is 2.73. The first-order chi connectivity index (χ1) is 10.3. The van der Waals surface area contributed by atoms with Gasteiger partial charge in [0.05, 0.1) is 12.9 Å². The monoisotopic (exact) mass is 302 g/mol. The fourth-order valence-corrected chi connectivity index (χ4v) is 2.43. The predicted molar refractivity (Wildman–Crippen MR) is 80.5 cm³/mol. The molecule has 0 aliphatic heterocycles. The number of ether oxygens (including phenoxy) is 1. The highest BCUT2D eigenvalue weighted by molar-refractivity contribution is 7.99. The van der Waals surface area contributed by atoms with Gasteiger partial charge in [0.1, 0.15) is 5.75 Å². The lowest BCUT2D eigenvalue weighted by Gasteiger charge is -2.05. The minimum atomic E-state index is 0.506. The molecule has 0 aliphatic carbocycles. The van der Waals surface area contributed by atoms with E-state index in [0.29, 0.717) is 23.3 Å². The molecule has 2 heterocycles. The Balaban J connectivity index is 1.54. The van der Waals surface area contributed by atoms with E-state index in [0.717, 1.165) is 11.5 Å². The highest BCUT2D eigenvalue weighted by Crippen LogP contribution is 2.21. The van der Waals surface area contributed by atoms with Crippen LogP contribution >= 0.6 is 11.8 Å². The smallest absolute Gasteiger partial charge is 0.218 e. The number of nitrogens with two attached hydrogens (primary N) is 1. The molecule has 0 saturated heterocycles. The lowest BCUT2D eigenvalue weighted by Crippen LogP contribution is -2.12. The Morgan fingerprint density at radius 2 is 2.00 bits per heavy atom. The van der Waals surface area contributed by atoms with Crippen LogP contribution in [-0.2, 0) is 0 Å². The second-order valence-corrected chi connectivity index (χ2v) is 5.23. The molecule has 7 heteroatoms. The molecule has 0 spiro atoms. The third kappa shape index (κ3) is 3.19. The second kappa shape index (κ2) is 6.36. The Morgan fingerprint density at radius 1 is 1.14 bits per heavy atom. The summed E-state index contributed by atoms with van der Waals surface area (Å²) in [7, 11) is 0. The molecule has 3 aromatic rings. The Kier molecular flexibility index (Phi) is 4.11. The first-order valence-corrected chi connectivity index (χ1v) is 7.38. The van der Waals surface area contributed by atoms with E-state index in [1.165, 1.54) is 16.4 Å². The summed E-state index contributed by atoms with van der Waals surface area (Å²) in [5, 5.41) is 8.70. The number of benzene rings is 1. The summed E-state index contributed by atoms with van der Waals surface area (Å²) >= 11 is 1.48. The summed E-state index contributed by atoms with van der Waals surface area (Å²) in [6.07, 6.45) is 1.57. The van der Waals surface area contributed by atoms with Crippen molar-refractivity contribution in [1.82, 2.24) is 14.9 Å². The largest absolute Gasteiger partial charge is 0.493 e. The van der Waals surface area contributed by atoms with Gasteiger partial charge in [0.15, 0.2) is 5.76 Å². The quantitative estimate of drug-likeness (QED) is 0.428. The van der Waals surface area contributed by atoms with Crippen LogP contribution in [0.15, 0.2) is 58.3 Å². The van der Waals surface area contributed by atoms with Crippen molar-refractivity contribution in [2.45, 2.75) is 5.16 Å². The van der Waals surface area contributed by atoms with Gasteiger partial charge in [-0.25, -0.2) is 4.68 Å². The Labute approximate surface area is 125 Å². The van der Waals surface area contributed by atoms with Gasteiger partial charge in [0, 0.05) is 5.75 Å². The standard InChI is InChI=1S/C14H14N4O2S/c15-18-13(12-7-4-8-20-12)16-17-14(18)21-10-9-19-11-5-2-1-3-6-11/h1-8H,9-10,15H2. The topological polar surface area (TPSA) is 79.1 Å². The summed E-state index contributed by atoms with van der Waals surface area (Å²) in [4.78, 5) is 0. The molecule has 21 heavy (non-hydrogen) atoms. The van der Waals surface area contributed by atoms with Crippen molar-refractivity contribution in [3.8, 4) is 17.3 Å². The van der Waals surface area contributed by atoms with Crippen LogP contribution in [-0.4, -0.2) is 27.2 Å². The average Bonchev–Trinajstić information content (AvgIpc) is 3.15. The number of aromatic nitrogens is 3. The van der Waals surface area contributed by atoms with Crippen LogP contribution in [0.5, 0.6) is 5.75 Å². The van der Waals surface area contributed by atoms with Gasteiger partial charge < -0.3 is 15.0 Å². The van der Waals surface area contributed by atoms with E-state index in [9.17, 15) is 0 Å². The molecular weight excluding hydrogens is 288 g/mol. The maximum Gasteiger partial charge on any atom is 0.218 e. The molecule has 2 N–H and O–H groups in total. The van der Waals surface area contributed by atoms with Crippen LogP contribution in [0.4, 0.5) is 0 Å². The van der Waals surface area contributed by atoms with Gasteiger partial charge in [-0.15, -0.1) is 10.2 Å². The van der Waals surface area contributed by atoms with Gasteiger partial charge >= 0.3 is 0 Å². The van der Waals surface area contributed by atoms with Gasteiger partial charge in [-0.3, -0.25) is 0 Å². The molecule has 2 aromatic heterocycles. The number of thioether (sulfide) groups is 1. The van der Waals surface area contributed by atoms with Crippen LogP contribution in [0.3, 0.4) is 0 Å². The minimum absolute atomic E-state index is 0.506. The van der Waals surface area contributed by atoms with E-state index in [-0.39, 0.29) is 0 Å². The van der Waals surface area contributed by atoms with Gasteiger partial charge in [-0.2, -0.15) is 0 Å². The van der Waals surface area contributed by atoms with Gasteiger partial charge in [-0.05, 0) is 24.3 Å². The second-order valence-electron chi connectivity index (χ2n) is 4.16. The zero-order valence-corrected chi connectivity index (χ0v) is 12.0. The molecular formula is C14H14N4O2S. The lowest BCUT2D eigenvalue weighted by molar-refractivity contribution is 0.344. The van der Waals surface area contributed by atoms with E-state index in [1.54, 1.807) is 18.4 Å². The van der Waals surface area contributed by atoms with Crippen molar-refractivity contribution in [3.05, 3.63) is 48.7 Å². The summed E-state index contributed by atoms with van der Waals surface area (Å²) in [5.41, 5.74) is 0. The van der Waals surface area contributed by atoms with Crippen LogP contribution in [0.2, 0.25) is 0 Å². The molecule has 108 valence electrons. The van der Waals surface area contributed by atoms with Crippen molar-refractivity contribution in [2.75, 3.05) is 18.2 Å². The fourth-order valence-electron chi connectivity index (χ4n) is 1.76. The molecule has 1 aromatic carbocycles. The van der Waals surface area contributed by atoms with Crippen molar-refractivity contribution in [2.24, 2.45) is 0 Å². The number of hydrogen-bond acceptors (Lipinski definition) is 6. The van der Waals surface area contributed by atoms with Crippen molar-refractivity contribution >= 4 is 11.8 Å². The Morgan fingerprint density at radius 3 is 2.76 bits per heavy atom. The molecule has 0 aliphatic rings. The summed E-state index contributed by atoms with van der Waals surface area (Å²) in [6.45, 7) is 0.567. The van der Waals surface area contributed by atoms with Crippen molar-refractivity contribution < 1.29 is 9.15 Å². The van der Waals surface area contributed by atoms with Crippen molar-refractivity contribution in [1.29, 1.82) is 0 Å².